The van der Waals surface area contributed by atoms with Crippen LogP contribution in [-0.4, -0.2) is 41.6 Å². The van der Waals surface area contributed by atoms with Crippen molar-refractivity contribution in [2.75, 3.05) is 13.7 Å². The molecule has 0 radical (unpaired) electrons. The molecule has 1 saturated carbocycles. The third-order valence-corrected chi connectivity index (χ3v) is 5.82. The van der Waals surface area contributed by atoms with E-state index in [1.807, 2.05) is 12.1 Å². The number of carbonyl (C=O) groups is 2. The minimum absolute atomic E-state index is 0.0213. The quantitative estimate of drug-likeness (QED) is 0.395. The molecule has 1 aromatic carbocycles. The monoisotopic (exact) mass is 449 g/mol. The number of nitrogens with one attached hydrogen (secondary N) is 1. The number of hydrogen-bond acceptors (Lipinski definition) is 5. The zero-order valence-electron chi connectivity index (χ0n) is 18.7. The summed E-state index contributed by atoms with van der Waals surface area (Å²) in [6.45, 7) is 2.47. The van der Waals surface area contributed by atoms with Crippen LogP contribution in [0.15, 0.2) is 18.2 Å². The maximum absolute atomic E-state index is 12.3. The Kier molecular flexibility index (Phi) is 10.6. The SMILES string of the molecule is CCCCCC(=O)NC(=S)N(Cc1ccc(OCC(N)=O)c(OC)c1)C1CCCCC1. The molecular weight excluding hydrogens is 414 g/mol. The number of methoxy groups -OCH3 is 1. The van der Waals surface area contributed by atoms with Crippen LogP contribution in [0.1, 0.15) is 70.3 Å². The van der Waals surface area contributed by atoms with E-state index in [2.05, 4.69) is 17.1 Å². The topological polar surface area (TPSA) is 93.9 Å². The Morgan fingerprint density at radius 1 is 1.19 bits per heavy atom. The van der Waals surface area contributed by atoms with Crippen LogP contribution >= 0.6 is 12.2 Å². The molecule has 0 bridgehead atoms. The molecule has 172 valence electrons. The fourth-order valence-electron chi connectivity index (χ4n) is 3.82. The van der Waals surface area contributed by atoms with Crippen molar-refractivity contribution in [2.24, 2.45) is 5.73 Å². The van der Waals surface area contributed by atoms with E-state index in [9.17, 15) is 9.59 Å². The van der Waals surface area contributed by atoms with E-state index >= 15 is 0 Å². The Morgan fingerprint density at radius 3 is 2.58 bits per heavy atom. The predicted octanol–water partition coefficient (Wildman–Crippen LogP) is 3.68. The van der Waals surface area contributed by atoms with Gasteiger partial charge in [-0.25, -0.2) is 0 Å². The van der Waals surface area contributed by atoms with Crippen LogP contribution in [0.25, 0.3) is 0 Å². The van der Waals surface area contributed by atoms with Crippen molar-refractivity contribution >= 4 is 29.1 Å². The number of nitrogens with zero attached hydrogens (tertiary/aromatic N) is 1. The van der Waals surface area contributed by atoms with Crippen molar-refractivity contribution in [1.29, 1.82) is 0 Å². The molecule has 0 saturated heterocycles. The van der Waals surface area contributed by atoms with Crippen molar-refractivity contribution in [2.45, 2.75) is 77.3 Å². The molecular formula is C23H35N3O4S. The van der Waals surface area contributed by atoms with Crippen LogP contribution in [-0.2, 0) is 16.1 Å². The van der Waals surface area contributed by atoms with E-state index in [1.54, 1.807) is 13.2 Å². The van der Waals surface area contributed by atoms with Gasteiger partial charge in [0.1, 0.15) is 0 Å². The van der Waals surface area contributed by atoms with Gasteiger partial charge in [0.15, 0.2) is 23.2 Å². The number of benzene rings is 1. The van der Waals surface area contributed by atoms with Crippen LogP contribution in [0, 0.1) is 0 Å². The Balaban J connectivity index is 2.12. The zero-order chi connectivity index (χ0) is 22.6. The summed E-state index contributed by atoms with van der Waals surface area (Å²) in [4.78, 5) is 25.5. The molecule has 8 heteroatoms. The summed E-state index contributed by atoms with van der Waals surface area (Å²) in [6, 6.07) is 5.86. The summed E-state index contributed by atoms with van der Waals surface area (Å²) < 4.78 is 10.8. The fraction of sp³-hybridized carbons (Fsp3) is 0.609. The van der Waals surface area contributed by atoms with Crippen molar-refractivity contribution in [3.05, 3.63) is 23.8 Å². The van der Waals surface area contributed by atoms with Gasteiger partial charge in [-0.1, -0.05) is 45.1 Å². The molecule has 31 heavy (non-hydrogen) atoms. The zero-order valence-corrected chi connectivity index (χ0v) is 19.5. The van der Waals surface area contributed by atoms with Gasteiger partial charge in [-0.15, -0.1) is 0 Å². The largest absolute Gasteiger partial charge is 0.493 e. The molecule has 1 aromatic rings. The van der Waals surface area contributed by atoms with Crippen LogP contribution in [0.4, 0.5) is 0 Å². The number of hydrogen-bond donors (Lipinski definition) is 2. The smallest absolute Gasteiger partial charge is 0.255 e. The maximum atomic E-state index is 12.3. The van der Waals surface area contributed by atoms with Crippen LogP contribution in [0.5, 0.6) is 11.5 Å². The summed E-state index contributed by atoms with van der Waals surface area (Å²) in [7, 11) is 1.55. The second-order valence-corrected chi connectivity index (χ2v) is 8.36. The van der Waals surface area contributed by atoms with Gasteiger partial charge in [0.05, 0.1) is 7.11 Å². The molecule has 0 aromatic heterocycles. The number of rotatable bonds is 11. The first kappa shape index (κ1) is 24.9. The van der Waals surface area contributed by atoms with Crippen molar-refractivity contribution in [3.63, 3.8) is 0 Å². The van der Waals surface area contributed by atoms with E-state index in [-0.39, 0.29) is 12.5 Å². The molecule has 2 rings (SSSR count). The number of amides is 2. The van der Waals surface area contributed by atoms with Crippen molar-refractivity contribution < 1.29 is 19.1 Å². The van der Waals surface area contributed by atoms with Gasteiger partial charge in [0, 0.05) is 19.0 Å². The summed E-state index contributed by atoms with van der Waals surface area (Å²) in [5.74, 6) is 0.416. The number of unbranched alkanes of at least 4 members (excludes halogenated alkanes) is 2. The molecule has 1 aliphatic carbocycles. The van der Waals surface area contributed by atoms with Gasteiger partial charge in [-0.05, 0) is 49.2 Å². The maximum Gasteiger partial charge on any atom is 0.255 e. The lowest BCUT2D eigenvalue weighted by Gasteiger charge is -2.36. The van der Waals surface area contributed by atoms with E-state index in [0.29, 0.717) is 35.6 Å². The highest BCUT2D eigenvalue weighted by atomic mass is 32.1. The van der Waals surface area contributed by atoms with Crippen LogP contribution in [0.2, 0.25) is 0 Å². The first-order valence-electron chi connectivity index (χ1n) is 11.1. The molecule has 1 fully saturated rings. The van der Waals surface area contributed by atoms with E-state index in [0.717, 1.165) is 50.5 Å². The Morgan fingerprint density at radius 2 is 1.94 bits per heavy atom. The molecule has 0 spiro atoms. The van der Waals surface area contributed by atoms with Crippen LogP contribution in [0.3, 0.4) is 0 Å². The minimum atomic E-state index is -0.547. The number of ether oxygens (including phenoxy) is 2. The molecule has 7 nitrogen and oxygen atoms in total. The Labute approximate surface area is 190 Å². The Hall–Kier alpha value is -2.35. The average Bonchev–Trinajstić information content (AvgIpc) is 2.76. The van der Waals surface area contributed by atoms with Gasteiger partial charge in [0.2, 0.25) is 5.91 Å². The summed E-state index contributed by atoms with van der Waals surface area (Å²) in [5, 5.41) is 3.43. The third kappa shape index (κ3) is 8.36. The van der Waals surface area contributed by atoms with E-state index in [1.165, 1.54) is 6.42 Å². The number of nitrogens with two attached hydrogens (primary N) is 1. The molecule has 3 N–H and O–H groups in total. The van der Waals surface area contributed by atoms with E-state index < -0.39 is 5.91 Å². The van der Waals surface area contributed by atoms with Crippen molar-refractivity contribution in [1.82, 2.24) is 10.2 Å². The molecule has 0 aliphatic heterocycles. The highest BCUT2D eigenvalue weighted by Crippen LogP contribution is 2.30. The first-order valence-corrected chi connectivity index (χ1v) is 11.5. The second-order valence-electron chi connectivity index (χ2n) is 7.97. The van der Waals surface area contributed by atoms with Gasteiger partial charge in [-0.2, -0.15) is 0 Å². The lowest BCUT2D eigenvalue weighted by molar-refractivity contribution is -0.120. The van der Waals surface area contributed by atoms with Gasteiger partial charge in [0.25, 0.3) is 5.91 Å². The minimum Gasteiger partial charge on any atom is -0.493 e. The standard InChI is InChI=1S/C23H35N3O4S/c1-3-4-6-11-22(28)25-23(31)26(18-9-7-5-8-10-18)15-17-12-13-19(20(14-17)29-2)30-16-21(24)27/h12-14,18H,3-11,15-16H2,1-2H3,(H2,24,27)(H,25,28,31). The van der Waals surface area contributed by atoms with Gasteiger partial charge in [-0.3, -0.25) is 9.59 Å². The predicted molar refractivity (Wildman–Crippen MR) is 125 cm³/mol. The Bertz CT molecular complexity index is 750. The average molecular weight is 450 g/mol. The van der Waals surface area contributed by atoms with Gasteiger partial charge >= 0.3 is 0 Å². The summed E-state index contributed by atoms with van der Waals surface area (Å²) in [5.41, 5.74) is 6.14. The fourth-order valence-corrected chi connectivity index (χ4v) is 4.15. The highest BCUT2D eigenvalue weighted by Gasteiger charge is 2.25. The normalized spacial score (nSPS) is 14.0. The molecule has 0 atom stereocenters. The summed E-state index contributed by atoms with van der Waals surface area (Å²) in [6.07, 6.45) is 9.16. The number of thiocarbonyl (C=S) groups is 1. The lowest BCUT2D eigenvalue weighted by atomic mass is 9.94. The lowest BCUT2D eigenvalue weighted by Crippen LogP contribution is -2.48. The number of carbonyl (C=O) groups excluding carboxylic acids is 2. The van der Waals surface area contributed by atoms with E-state index in [4.69, 9.17) is 27.4 Å². The highest BCUT2D eigenvalue weighted by molar-refractivity contribution is 7.80. The first-order chi connectivity index (χ1) is 14.9. The van der Waals surface area contributed by atoms with Crippen LogP contribution < -0.4 is 20.5 Å². The second kappa shape index (κ2) is 13.1. The van der Waals surface area contributed by atoms with Crippen molar-refractivity contribution in [3.8, 4) is 11.5 Å². The molecule has 0 heterocycles. The molecule has 1 aliphatic rings. The third-order valence-electron chi connectivity index (χ3n) is 5.48. The number of primary amides is 1. The van der Waals surface area contributed by atoms with Gasteiger partial charge < -0.3 is 25.4 Å². The summed E-state index contributed by atoms with van der Waals surface area (Å²) >= 11 is 5.65. The molecule has 2 amide bonds. The molecule has 0 unspecified atom stereocenters.